The summed E-state index contributed by atoms with van der Waals surface area (Å²) in [6.07, 6.45) is 0.543. The van der Waals surface area contributed by atoms with Crippen LogP contribution in [0.25, 0.3) is 0 Å². The number of carbonyl (C=O) groups is 1. The van der Waals surface area contributed by atoms with Gasteiger partial charge in [0.05, 0.1) is 5.54 Å². The Morgan fingerprint density at radius 2 is 2.32 bits per heavy atom. The first-order valence-corrected chi connectivity index (χ1v) is 6.88. The molecule has 0 bridgehead atoms. The number of likely N-dealkylation sites (N-methyl/N-ethyl adjacent to an activating group) is 1. The summed E-state index contributed by atoms with van der Waals surface area (Å²) in [4.78, 5) is 29.7. The molecule has 0 saturated carbocycles. The van der Waals surface area contributed by atoms with E-state index in [-0.39, 0.29) is 10.8 Å². The molecule has 1 rings (SSSR count). The number of hydrogen-bond donors (Lipinski definition) is 3. The van der Waals surface area contributed by atoms with Crippen molar-refractivity contribution in [3.05, 3.63) is 22.1 Å². The topological polar surface area (TPSA) is 101 Å². The normalized spacial score (nSPS) is 15.8. The number of aromatic amines is 1. The molecule has 0 aliphatic heterocycles. The molecular formula is C12H20N4O2S. The number of rotatable bonds is 6. The van der Waals surface area contributed by atoms with E-state index in [0.29, 0.717) is 17.3 Å². The van der Waals surface area contributed by atoms with Gasteiger partial charge in [-0.05, 0) is 27.3 Å². The van der Waals surface area contributed by atoms with Gasteiger partial charge in [-0.15, -0.1) is 0 Å². The van der Waals surface area contributed by atoms with Crippen LogP contribution in [-0.2, 0) is 4.79 Å². The van der Waals surface area contributed by atoms with E-state index >= 15 is 0 Å². The zero-order valence-corrected chi connectivity index (χ0v) is 12.4. The molecule has 0 radical (unpaired) electrons. The number of amides is 1. The average molecular weight is 284 g/mol. The number of carbonyl (C=O) groups excluding carboxylic acids is 1. The fourth-order valence-electron chi connectivity index (χ4n) is 1.74. The molecule has 0 aromatic carbocycles. The molecule has 2 atom stereocenters. The molecule has 7 heteroatoms. The summed E-state index contributed by atoms with van der Waals surface area (Å²) in [5.74, 6) is -0.395. The smallest absolute Gasteiger partial charge is 0.251 e. The lowest BCUT2D eigenvalue weighted by molar-refractivity contribution is -0.123. The minimum absolute atomic E-state index is 0.0786. The number of thioether (sulfide) groups is 1. The number of aryl methyl sites for hydroxylation is 1. The molecule has 1 aromatic heterocycles. The fraction of sp³-hybridized carbons (Fsp3) is 0.583. The SMILES string of the molecule is CNC(C)(CC(C)Sc1nc(C)cc(=O)[nH]1)C(N)=O. The zero-order valence-electron chi connectivity index (χ0n) is 11.6. The van der Waals surface area contributed by atoms with Gasteiger partial charge in [-0.2, -0.15) is 0 Å². The molecule has 0 fully saturated rings. The van der Waals surface area contributed by atoms with Crippen LogP contribution in [0.3, 0.4) is 0 Å². The summed E-state index contributed by atoms with van der Waals surface area (Å²) in [6.45, 7) is 5.50. The third-order valence-electron chi connectivity index (χ3n) is 2.95. The fourth-order valence-corrected chi connectivity index (χ4v) is 2.89. The molecule has 4 N–H and O–H groups in total. The second-order valence-electron chi connectivity index (χ2n) is 4.77. The third kappa shape index (κ3) is 4.36. The number of H-pyrrole nitrogens is 1. The quantitative estimate of drug-likeness (QED) is 0.519. The highest BCUT2D eigenvalue weighted by Crippen LogP contribution is 2.25. The molecular weight excluding hydrogens is 264 g/mol. The predicted molar refractivity (Wildman–Crippen MR) is 76.2 cm³/mol. The van der Waals surface area contributed by atoms with Crippen molar-refractivity contribution < 1.29 is 4.79 Å². The summed E-state index contributed by atoms with van der Waals surface area (Å²) in [7, 11) is 1.70. The maximum Gasteiger partial charge on any atom is 0.251 e. The van der Waals surface area contributed by atoms with Crippen LogP contribution in [0.4, 0.5) is 0 Å². The van der Waals surface area contributed by atoms with Crippen molar-refractivity contribution in [2.45, 2.75) is 43.1 Å². The van der Waals surface area contributed by atoms with Gasteiger partial charge in [0.1, 0.15) is 0 Å². The van der Waals surface area contributed by atoms with Crippen LogP contribution in [0.1, 0.15) is 26.0 Å². The standard InChI is InChI=1S/C12H20N4O2S/c1-7-5-9(17)16-11(15-7)19-8(2)6-12(3,14-4)10(13)18/h5,8,14H,6H2,1-4H3,(H2,13,18)(H,15,16,17). The van der Waals surface area contributed by atoms with Crippen LogP contribution in [0.5, 0.6) is 0 Å². The minimum Gasteiger partial charge on any atom is -0.368 e. The van der Waals surface area contributed by atoms with Gasteiger partial charge in [-0.1, -0.05) is 18.7 Å². The summed E-state index contributed by atoms with van der Waals surface area (Å²) in [5.41, 5.74) is 5.12. The van der Waals surface area contributed by atoms with Gasteiger partial charge in [0.15, 0.2) is 5.16 Å². The number of nitrogens with two attached hydrogens (primary N) is 1. The molecule has 19 heavy (non-hydrogen) atoms. The second kappa shape index (κ2) is 6.21. The van der Waals surface area contributed by atoms with Gasteiger partial charge < -0.3 is 16.0 Å². The number of nitrogens with one attached hydrogen (secondary N) is 2. The zero-order chi connectivity index (χ0) is 14.6. The second-order valence-corrected chi connectivity index (χ2v) is 6.20. The molecule has 0 saturated heterocycles. The van der Waals surface area contributed by atoms with E-state index in [1.807, 2.05) is 6.92 Å². The van der Waals surface area contributed by atoms with Crippen LogP contribution < -0.4 is 16.6 Å². The molecule has 1 amide bonds. The Balaban J connectivity index is 2.77. The van der Waals surface area contributed by atoms with E-state index in [9.17, 15) is 9.59 Å². The number of aromatic nitrogens is 2. The van der Waals surface area contributed by atoms with Gasteiger partial charge in [-0.3, -0.25) is 9.59 Å². The molecule has 1 aromatic rings. The first-order chi connectivity index (χ1) is 8.76. The van der Waals surface area contributed by atoms with Crippen LogP contribution in [0.2, 0.25) is 0 Å². The molecule has 0 spiro atoms. The van der Waals surface area contributed by atoms with Gasteiger partial charge >= 0.3 is 0 Å². The summed E-state index contributed by atoms with van der Waals surface area (Å²) >= 11 is 1.42. The predicted octanol–water partition coefficient (Wildman–Crippen LogP) is 0.412. The highest BCUT2D eigenvalue weighted by molar-refractivity contribution is 7.99. The van der Waals surface area contributed by atoms with Crippen LogP contribution in [0, 0.1) is 6.92 Å². The van der Waals surface area contributed by atoms with Crippen molar-refractivity contribution in [3.63, 3.8) is 0 Å². The van der Waals surface area contributed by atoms with E-state index in [2.05, 4.69) is 15.3 Å². The van der Waals surface area contributed by atoms with E-state index in [1.54, 1.807) is 20.9 Å². The minimum atomic E-state index is -0.767. The first-order valence-electron chi connectivity index (χ1n) is 6.00. The Hall–Kier alpha value is -1.34. The lowest BCUT2D eigenvalue weighted by atomic mass is 9.95. The van der Waals surface area contributed by atoms with Crippen LogP contribution >= 0.6 is 11.8 Å². The largest absolute Gasteiger partial charge is 0.368 e. The van der Waals surface area contributed by atoms with Crippen LogP contribution in [0.15, 0.2) is 16.0 Å². The van der Waals surface area contributed by atoms with Crippen molar-refractivity contribution in [2.75, 3.05) is 7.05 Å². The average Bonchev–Trinajstić information content (AvgIpc) is 2.26. The summed E-state index contributed by atoms with van der Waals surface area (Å²) in [5, 5.41) is 3.57. The van der Waals surface area contributed by atoms with Gasteiger partial charge in [0.2, 0.25) is 5.91 Å². The number of nitrogens with zero attached hydrogens (tertiary/aromatic N) is 1. The van der Waals surface area contributed by atoms with E-state index in [1.165, 1.54) is 17.8 Å². The third-order valence-corrected chi connectivity index (χ3v) is 3.94. The van der Waals surface area contributed by atoms with Crippen molar-refractivity contribution in [1.82, 2.24) is 15.3 Å². The maximum absolute atomic E-state index is 11.4. The Morgan fingerprint density at radius 3 is 2.79 bits per heavy atom. The highest BCUT2D eigenvalue weighted by Gasteiger charge is 2.31. The van der Waals surface area contributed by atoms with Crippen molar-refractivity contribution in [3.8, 4) is 0 Å². The Morgan fingerprint density at radius 1 is 1.68 bits per heavy atom. The molecule has 2 unspecified atom stereocenters. The molecule has 6 nitrogen and oxygen atoms in total. The van der Waals surface area contributed by atoms with Gasteiger partial charge in [-0.25, -0.2) is 4.98 Å². The molecule has 1 heterocycles. The molecule has 106 valence electrons. The molecule has 0 aliphatic rings. The summed E-state index contributed by atoms with van der Waals surface area (Å²) in [6, 6.07) is 1.44. The number of hydrogen-bond acceptors (Lipinski definition) is 5. The lowest BCUT2D eigenvalue weighted by Crippen LogP contribution is -2.52. The van der Waals surface area contributed by atoms with E-state index in [0.717, 1.165) is 0 Å². The summed E-state index contributed by atoms with van der Waals surface area (Å²) < 4.78 is 0. The first kappa shape index (κ1) is 15.7. The highest BCUT2D eigenvalue weighted by atomic mass is 32.2. The Labute approximate surface area is 116 Å². The van der Waals surface area contributed by atoms with E-state index < -0.39 is 11.4 Å². The maximum atomic E-state index is 11.4. The van der Waals surface area contributed by atoms with Gasteiger partial charge in [0, 0.05) is 17.0 Å². The lowest BCUT2D eigenvalue weighted by Gasteiger charge is -2.28. The Kier molecular flexibility index (Phi) is 5.13. The number of primary amides is 1. The van der Waals surface area contributed by atoms with Crippen molar-refractivity contribution in [2.24, 2.45) is 5.73 Å². The van der Waals surface area contributed by atoms with Gasteiger partial charge in [0.25, 0.3) is 5.56 Å². The molecule has 0 aliphatic carbocycles. The van der Waals surface area contributed by atoms with Crippen molar-refractivity contribution >= 4 is 17.7 Å². The van der Waals surface area contributed by atoms with E-state index in [4.69, 9.17) is 5.73 Å². The van der Waals surface area contributed by atoms with Crippen LogP contribution in [-0.4, -0.2) is 33.7 Å². The monoisotopic (exact) mass is 284 g/mol. The van der Waals surface area contributed by atoms with Crippen molar-refractivity contribution in [1.29, 1.82) is 0 Å². The Bertz CT molecular complexity index is 517.